The van der Waals surface area contributed by atoms with Crippen LogP contribution in [0.1, 0.15) is 30.2 Å². The van der Waals surface area contributed by atoms with Crippen LogP contribution in [0.3, 0.4) is 0 Å². The van der Waals surface area contributed by atoms with Gasteiger partial charge in [-0.05, 0) is 49.2 Å². The molecule has 6 nitrogen and oxygen atoms in total. The smallest absolute Gasteiger partial charge is 0.157 e. The van der Waals surface area contributed by atoms with Crippen molar-refractivity contribution in [3.63, 3.8) is 0 Å². The van der Waals surface area contributed by atoms with Crippen molar-refractivity contribution in [3.05, 3.63) is 65.4 Å². The van der Waals surface area contributed by atoms with E-state index in [1.807, 2.05) is 31.2 Å². The summed E-state index contributed by atoms with van der Waals surface area (Å²) in [6.45, 7) is 7.80. The van der Waals surface area contributed by atoms with Gasteiger partial charge in [0.05, 0.1) is 16.6 Å². The van der Waals surface area contributed by atoms with Crippen molar-refractivity contribution in [1.82, 2.24) is 14.4 Å². The molecular formula is C25H26N6. The van der Waals surface area contributed by atoms with Crippen LogP contribution in [0.25, 0.3) is 16.7 Å². The van der Waals surface area contributed by atoms with Gasteiger partial charge in [-0.15, -0.1) is 0 Å². The zero-order chi connectivity index (χ0) is 21.4. The molecule has 0 radical (unpaired) electrons. The van der Waals surface area contributed by atoms with E-state index < -0.39 is 0 Å². The Morgan fingerprint density at radius 2 is 1.74 bits per heavy atom. The fraction of sp³-hybridized carbons (Fsp3) is 0.320. The van der Waals surface area contributed by atoms with Crippen molar-refractivity contribution >= 4 is 28.3 Å². The van der Waals surface area contributed by atoms with E-state index in [9.17, 15) is 5.26 Å². The summed E-state index contributed by atoms with van der Waals surface area (Å²) in [5.74, 6) is 2.17. The van der Waals surface area contributed by atoms with Crippen LogP contribution in [0.5, 0.6) is 0 Å². The van der Waals surface area contributed by atoms with E-state index in [0.717, 1.165) is 78.6 Å². The minimum absolute atomic E-state index is 0.699. The highest BCUT2D eigenvalue weighted by Crippen LogP contribution is 2.30. The van der Waals surface area contributed by atoms with Gasteiger partial charge in [0, 0.05) is 31.9 Å². The average molecular weight is 411 g/mol. The number of aromatic nitrogens is 3. The van der Waals surface area contributed by atoms with Crippen LogP contribution < -0.4 is 9.80 Å². The number of aryl methyl sites for hydroxylation is 2. The first-order valence-electron chi connectivity index (χ1n) is 11.0. The van der Waals surface area contributed by atoms with E-state index in [1.54, 1.807) is 0 Å². The normalized spacial score (nSPS) is 14.4. The molecule has 156 valence electrons. The summed E-state index contributed by atoms with van der Waals surface area (Å²) >= 11 is 0. The number of hydrogen-bond donors (Lipinski definition) is 0. The van der Waals surface area contributed by atoms with Crippen LogP contribution in [-0.2, 0) is 6.42 Å². The van der Waals surface area contributed by atoms with Crippen LogP contribution in [0.15, 0.2) is 48.5 Å². The number of imidazole rings is 1. The summed E-state index contributed by atoms with van der Waals surface area (Å²) in [4.78, 5) is 14.3. The van der Waals surface area contributed by atoms with Gasteiger partial charge in [0.25, 0.3) is 0 Å². The van der Waals surface area contributed by atoms with Crippen molar-refractivity contribution in [3.8, 4) is 6.07 Å². The standard InChI is InChI=1S/C25H26N6/c1-3-7-19-16-24(30-14-12-29(13-15-30)23-11-6-8-18(2)27-23)31-22-10-5-4-9-21(22)28-25(31)20(19)17-26/h4-6,8-11,16H,3,7,12-15H2,1-2H3. The van der Waals surface area contributed by atoms with Crippen LogP contribution in [-0.4, -0.2) is 40.5 Å². The van der Waals surface area contributed by atoms with E-state index in [4.69, 9.17) is 9.97 Å². The zero-order valence-corrected chi connectivity index (χ0v) is 18.0. The minimum atomic E-state index is 0.699. The monoisotopic (exact) mass is 410 g/mol. The van der Waals surface area contributed by atoms with Crippen LogP contribution in [0.4, 0.5) is 11.6 Å². The SMILES string of the molecule is CCCc1cc(N2CCN(c3cccc(C)n3)CC2)n2c(nc3ccccc32)c1C#N. The molecule has 3 aromatic heterocycles. The molecule has 0 saturated carbocycles. The Morgan fingerprint density at radius 1 is 0.968 bits per heavy atom. The maximum absolute atomic E-state index is 9.92. The van der Waals surface area contributed by atoms with Gasteiger partial charge in [0.1, 0.15) is 17.7 Å². The van der Waals surface area contributed by atoms with Crippen LogP contribution >= 0.6 is 0 Å². The Kier molecular flexibility index (Phi) is 4.95. The predicted octanol–water partition coefficient (Wildman–Crippen LogP) is 4.34. The van der Waals surface area contributed by atoms with Gasteiger partial charge in [0.15, 0.2) is 5.65 Å². The Balaban J connectivity index is 1.57. The number of pyridine rings is 2. The van der Waals surface area contributed by atoms with Crippen LogP contribution in [0, 0.1) is 18.3 Å². The quantitative estimate of drug-likeness (QED) is 0.501. The van der Waals surface area contributed by atoms with Gasteiger partial charge in [-0.25, -0.2) is 9.97 Å². The Labute approximate surface area is 182 Å². The molecule has 0 amide bonds. The lowest BCUT2D eigenvalue weighted by atomic mass is 10.1. The van der Waals surface area contributed by atoms with E-state index in [0.29, 0.717) is 5.56 Å². The highest BCUT2D eigenvalue weighted by molar-refractivity contribution is 5.85. The summed E-state index contributed by atoms with van der Waals surface area (Å²) in [6, 6.07) is 19.0. The first kappa shape index (κ1) is 19.4. The van der Waals surface area contributed by atoms with Crippen molar-refractivity contribution in [2.45, 2.75) is 26.7 Å². The molecular weight excluding hydrogens is 384 g/mol. The molecule has 1 aromatic carbocycles. The molecule has 4 heterocycles. The lowest BCUT2D eigenvalue weighted by molar-refractivity contribution is 0.639. The first-order valence-corrected chi connectivity index (χ1v) is 11.0. The lowest BCUT2D eigenvalue weighted by Crippen LogP contribution is -2.47. The summed E-state index contributed by atoms with van der Waals surface area (Å²) in [5.41, 5.74) is 5.58. The van der Waals surface area contributed by atoms with Crippen LogP contribution in [0.2, 0.25) is 0 Å². The van der Waals surface area contributed by atoms with Gasteiger partial charge < -0.3 is 9.80 Å². The predicted molar refractivity (Wildman–Crippen MR) is 125 cm³/mol. The zero-order valence-electron chi connectivity index (χ0n) is 18.0. The number of hydrogen-bond acceptors (Lipinski definition) is 5. The molecule has 0 aliphatic carbocycles. The molecule has 6 heteroatoms. The molecule has 0 bridgehead atoms. The number of fused-ring (bicyclic) bond motifs is 3. The summed E-state index contributed by atoms with van der Waals surface area (Å²) in [6.07, 6.45) is 1.88. The topological polar surface area (TPSA) is 60.5 Å². The third-order valence-corrected chi connectivity index (χ3v) is 6.07. The lowest BCUT2D eigenvalue weighted by Gasteiger charge is -2.37. The van der Waals surface area contributed by atoms with Gasteiger partial charge in [0.2, 0.25) is 0 Å². The third-order valence-electron chi connectivity index (χ3n) is 6.07. The van der Waals surface area contributed by atoms with E-state index >= 15 is 0 Å². The molecule has 31 heavy (non-hydrogen) atoms. The number of benzene rings is 1. The largest absolute Gasteiger partial charge is 0.354 e. The number of nitriles is 1. The Morgan fingerprint density at radius 3 is 2.48 bits per heavy atom. The average Bonchev–Trinajstić information content (AvgIpc) is 3.18. The third kappa shape index (κ3) is 3.36. The fourth-order valence-corrected chi connectivity index (χ4v) is 4.55. The molecule has 1 fully saturated rings. The summed E-state index contributed by atoms with van der Waals surface area (Å²) in [7, 11) is 0. The Bertz CT molecular complexity index is 1290. The highest BCUT2D eigenvalue weighted by atomic mass is 15.3. The number of nitrogens with zero attached hydrogens (tertiary/aromatic N) is 6. The van der Waals surface area contributed by atoms with E-state index in [-0.39, 0.29) is 0 Å². The second kappa shape index (κ2) is 7.92. The number of piperazine rings is 1. The maximum Gasteiger partial charge on any atom is 0.157 e. The summed E-state index contributed by atoms with van der Waals surface area (Å²) in [5, 5.41) is 9.92. The van der Waals surface area contributed by atoms with E-state index in [2.05, 4.69) is 51.5 Å². The van der Waals surface area contributed by atoms with Crippen molar-refractivity contribution in [2.75, 3.05) is 36.0 Å². The molecule has 0 unspecified atom stereocenters. The van der Waals surface area contributed by atoms with Gasteiger partial charge in [-0.3, -0.25) is 4.40 Å². The van der Waals surface area contributed by atoms with Gasteiger partial charge in [-0.2, -0.15) is 5.26 Å². The fourth-order valence-electron chi connectivity index (χ4n) is 4.55. The molecule has 0 atom stereocenters. The van der Waals surface area contributed by atoms with Crippen molar-refractivity contribution < 1.29 is 0 Å². The highest BCUT2D eigenvalue weighted by Gasteiger charge is 2.24. The van der Waals surface area contributed by atoms with E-state index in [1.165, 1.54) is 0 Å². The number of anilines is 2. The number of para-hydroxylation sites is 2. The molecule has 4 aromatic rings. The molecule has 1 aliphatic rings. The molecule has 1 aliphatic heterocycles. The second-order valence-electron chi connectivity index (χ2n) is 8.14. The molecule has 5 rings (SSSR count). The van der Waals surface area contributed by atoms with Crippen molar-refractivity contribution in [1.29, 1.82) is 5.26 Å². The molecule has 0 spiro atoms. The summed E-state index contributed by atoms with van der Waals surface area (Å²) < 4.78 is 2.17. The second-order valence-corrected chi connectivity index (χ2v) is 8.14. The van der Waals surface area contributed by atoms with Gasteiger partial charge >= 0.3 is 0 Å². The molecule has 0 N–H and O–H groups in total. The first-order chi connectivity index (χ1) is 15.2. The number of rotatable bonds is 4. The minimum Gasteiger partial charge on any atom is -0.354 e. The van der Waals surface area contributed by atoms with Crippen molar-refractivity contribution in [2.24, 2.45) is 0 Å². The van der Waals surface area contributed by atoms with Gasteiger partial charge in [-0.1, -0.05) is 31.5 Å². The Hall–Kier alpha value is -3.59. The molecule has 1 saturated heterocycles. The maximum atomic E-state index is 9.92.